The molecule has 0 saturated heterocycles. The Morgan fingerprint density at radius 3 is 2.61 bits per heavy atom. The highest BCUT2D eigenvalue weighted by molar-refractivity contribution is 7.17. The lowest BCUT2D eigenvalue weighted by Gasteiger charge is -2.12. The summed E-state index contributed by atoms with van der Waals surface area (Å²) in [5.41, 5.74) is 1.08. The van der Waals surface area contributed by atoms with Crippen LogP contribution in [0.1, 0.15) is 15.9 Å². The van der Waals surface area contributed by atoms with E-state index in [-0.39, 0.29) is 18.2 Å². The van der Waals surface area contributed by atoms with Gasteiger partial charge in [-0.2, -0.15) is 0 Å². The average molecular weight is 288 g/mol. The van der Waals surface area contributed by atoms with Crippen LogP contribution in [-0.2, 0) is 6.54 Å². The van der Waals surface area contributed by atoms with Gasteiger partial charge in [0, 0.05) is 27.6 Å². The highest BCUT2D eigenvalue weighted by Gasteiger charge is 2.15. The Labute approximate surface area is 115 Å². The van der Waals surface area contributed by atoms with Gasteiger partial charge in [-0.25, -0.2) is 4.79 Å². The van der Waals surface area contributed by atoms with Crippen LogP contribution in [0.3, 0.4) is 0 Å². The van der Waals surface area contributed by atoms with Crippen LogP contribution in [0.2, 0.25) is 0 Å². The fourth-order valence-corrected chi connectivity index (χ4v) is 2.86. The van der Waals surface area contributed by atoms with Crippen molar-refractivity contribution in [1.82, 2.24) is 4.90 Å². The number of aromatic hydroxyl groups is 1. The van der Waals surface area contributed by atoms with E-state index in [9.17, 15) is 9.90 Å². The van der Waals surface area contributed by atoms with Crippen molar-refractivity contribution in [3.05, 3.63) is 28.6 Å². The van der Waals surface area contributed by atoms with Gasteiger partial charge in [0.05, 0.1) is 5.56 Å². The maximum atomic E-state index is 11.0. The summed E-state index contributed by atoms with van der Waals surface area (Å²) >= 11 is 1.36. The van der Waals surface area contributed by atoms with E-state index in [0.29, 0.717) is 17.5 Å². The summed E-state index contributed by atoms with van der Waals surface area (Å²) < 4.78 is 0.844. The fraction of sp³-hybridized carbons (Fsp3) is 0.250. The number of hydrogen-bond donors (Lipinski definition) is 2. The molecule has 0 radical (unpaired) electrons. The largest absolute Gasteiger partial charge is 0.508 e. The van der Waals surface area contributed by atoms with Gasteiger partial charge in [-0.05, 0) is 26.2 Å². The van der Waals surface area contributed by atoms with Crippen LogP contribution in [0.5, 0.6) is 5.75 Å². The molecule has 0 spiro atoms. The van der Waals surface area contributed by atoms with E-state index < -0.39 is 5.97 Å². The number of nitrogens with zero attached hydrogens (tertiary/aromatic N) is 1. The average Bonchev–Trinajstić information content (AvgIpc) is 2.65. The maximum Gasteiger partial charge on any atom is 0.337 e. The number of halogens is 1. The summed E-state index contributed by atoms with van der Waals surface area (Å²) in [5.74, 6) is -0.720. The van der Waals surface area contributed by atoms with E-state index in [1.54, 1.807) is 17.5 Å². The third-order valence-electron chi connectivity index (χ3n) is 2.53. The Kier molecular flexibility index (Phi) is 4.56. The molecule has 98 valence electrons. The number of fused-ring (bicyclic) bond motifs is 1. The molecule has 0 unspecified atom stereocenters. The number of carboxylic acids is 1. The summed E-state index contributed by atoms with van der Waals surface area (Å²) in [5, 5.41) is 21.2. The number of hydrogen-bond acceptors (Lipinski definition) is 4. The first-order chi connectivity index (χ1) is 8.00. The molecule has 0 bridgehead atoms. The SMILES string of the molecule is CN(C)Cc1c(O)ccc2c(C(=O)O)csc12.Cl. The second-order valence-corrected chi connectivity index (χ2v) is 5.01. The quantitative estimate of drug-likeness (QED) is 0.911. The van der Waals surface area contributed by atoms with Crippen LogP contribution < -0.4 is 0 Å². The lowest BCUT2D eigenvalue weighted by atomic mass is 10.1. The molecule has 18 heavy (non-hydrogen) atoms. The number of carboxylic acid groups (broad SMARTS) is 1. The summed E-state index contributed by atoms with van der Waals surface area (Å²) in [6.45, 7) is 0.586. The number of carbonyl (C=O) groups is 1. The van der Waals surface area contributed by atoms with Gasteiger partial charge in [-0.3, -0.25) is 0 Å². The zero-order chi connectivity index (χ0) is 12.6. The molecule has 1 heterocycles. The first kappa shape index (κ1) is 14.8. The van der Waals surface area contributed by atoms with Crippen molar-refractivity contribution in [3.8, 4) is 5.75 Å². The molecule has 0 saturated carbocycles. The number of thiophene rings is 1. The molecule has 0 aliphatic carbocycles. The molecule has 2 rings (SSSR count). The first-order valence-electron chi connectivity index (χ1n) is 5.10. The zero-order valence-corrected chi connectivity index (χ0v) is 11.6. The predicted octanol–water partition coefficient (Wildman–Crippen LogP) is 2.79. The normalized spacial score (nSPS) is 10.6. The molecular weight excluding hydrogens is 274 g/mol. The van der Waals surface area contributed by atoms with Crippen molar-refractivity contribution >= 4 is 39.8 Å². The second kappa shape index (κ2) is 5.56. The Bertz CT molecular complexity index is 580. The first-order valence-corrected chi connectivity index (χ1v) is 5.98. The topological polar surface area (TPSA) is 60.8 Å². The van der Waals surface area contributed by atoms with Crippen molar-refractivity contribution in [2.45, 2.75) is 6.54 Å². The van der Waals surface area contributed by atoms with Gasteiger partial charge in [-0.15, -0.1) is 23.7 Å². The third kappa shape index (κ3) is 2.58. The third-order valence-corrected chi connectivity index (χ3v) is 3.58. The van der Waals surface area contributed by atoms with Crippen molar-refractivity contribution < 1.29 is 15.0 Å². The van der Waals surface area contributed by atoms with Crippen LogP contribution in [0.4, 0.5) is 0 Å². The highest BCUT2D eigenvalue weighted by atomic mass is 35.5. The summed E-state index contributed by atoms with van der Waals surface area (Å²) in [6, 6.07) is 3.21. The molecule has 2 aromatic rings. The Balaban J connectivity index is 0.00000162. The van der Waals surface area contributed by atoms with E-state index in [0.717, 1.165) is 10.3 Å². The van der Waals surface area contributed by atoms with Crippen molar-refractivity contribution in [3.63, 3.8) is 0 Å². The summed E-state index contributed by atoms with van der Waals surface area (Å²) in [7, 11) is 3.81. The van der Waals surface area contributed by atoms with Crippen molar-refractivity contribution in [2.24, 2.45) is 0 Å². The van der Waals surface area contributed by atoms with E-state index >= 15 is 0 Å². The molecule has 4 nitrogen and oxygen atoms in total. The van der Waals surface area contributed by atoms with Gasteiger partial charge in [0.15, 0.2) is 0 Å². The number of phenolic OH excluding ortho intramolecular Hbond substituents is 1. The lowest BCUT2D eigenvalue weighted by molar-refractivity contribution is 0.0699. The standard InChI is InChI=1S/C12H13NO3S.ClH/c1-13(2)5-8-10(14)4-3-7-9(12(15)16)6-17-11(7)8;/h3-4,6,14H,5H2,1-2H3,(H,15,16);1H. The number of benzene rings is 1. The molecule has 0 aliphatic heterocycles. The molecule has 2 N–H and O–H groups in total. The minimum Gasteiger partial charge on any atom is -0.508 e. The van der Waals surface area contributed by atoms with Crippen LogP contribution >= 0.6 is 23.7 Å². The molecule has 0 aliphatic rings. The maximum absolute atomic E-state index is 11.0. The summed E-state index contributed by atoms with van der Waals surface area (Å²) in [6.07, 6.45) is 0. The molecule has 1 aromatic carbocycles. The van der Waals surface area contributed by atoms with Crippen LogP contribution in [-0.4, -0.2) is 35.2 Å². The fourth-order valence-electron chi connectivity index (χ4n) is 1.78. The zero-order valence-electron chi connectivity index (χ0n) is 10.0. The number of aromatic carboxylic acids is 1. The van der Waals surface area contributed by atoms with Crippen LogP contribution in [0.25, 0.3) is 10.1 Å². The molecule has 6 heteroatoms. The number of rotatable bonds is 3. The predicted molar refractivity (Wildman–Crippen MR) is 75.1 cm³/mol. The van der Waals surface area contributed by atoms with E-state index in [2.05, 4.69) is 0 Å². The number of phenols is 1. The summed E-state index contributed by atoms with van der Waals surface area (Å²) in [4.78, 5) is 13.0. The van der Waals surface area contributed by atoms with E-state index in [1.165, 1.54) is 11.3 Å². The van der Waals surface area contributed by atoms with Crippen LogP contribution in [0, 0.1) is 0 Å². The van der Waals surface area contributed by atoms with Gasteiger partial charge >= 0.3 is 5.97 Å². The van der Waals surface area contributed by atoms with Gasteiger partial charge in [-0.1, -0.05) is 0 Å². The van der Waals surface area contributed by atoms with Gasteiger partial charge in [0.25, 0.3) is 0 Å². The van der Waals surface area contributed by atoms with E-state index in [4.69, 9.17) is 5.11 Å². The van der Waals surface area contributed by atoms with Crippen molar-refractivity contribution in [2.75, 3.05) is 14.1 Å². The smallest absolute Gasteiger partial charge is 0.337 e. The van der Waals surface area contributed by atoms with Gasteiger partial charge in [0.1, 0.15) is 5.75 Å². The van der Waals surface area contributed by atoms with E-state index in [1.807, 2.05) is 19.0 Å². The Hall–Kier alpha value is -1.30. The minimum absolute atomic E-state index is 0. The Morgan fingerprint density at radius 1 is 1.39 bits per heavy atom. The monoisotopic (exact) mass is 287 g/mol. The highest BCUT2D eigenvalue weighted by Crippen LogP contribution is 2.34. The van der Waals surface area contributed by atoms with Crippen LogP contribution in [0.15, 0.2) is 17.5 Å². The van der Waals surface area contributed by atoms with Gasteiger partial charge in [0.2, 0.25) is 0 Å². The molecule has 0 amide bonds. The van der Waals surface area contributed by atoms with Gasteiger partial charge < -0.3 is 15.1 Å². The molecule has 0 fully saturated rings. The minimum atomic E-state index is -0.933. The Morgan fingerprint density at radius 2 is 2.06 bits per heavy atom. The lowest BCUT2D eigenvalue weighted by Crippen LogP contribution is -2.10. The second-order valence-electron chi connectivity index (χ2n) is 4.13. The molecule has 0 atom stereocenters. The molecular formula is C12H14ClNO3S. The van der Waals surface area contributed by atoms with Crippen molar-refractivity contribution in [1.29, 1.82) is 0 Å². The molecule has 1 aromatic heterocycles.